The van der Waals surface area contributed by atoms with Crippen LogP contribution in [-0.4, -0.2) is 19.7 Å². The van der Waals surface area contributed by atoms with Crippen LogP contribution >= 0.6 is 23.2 Å². The van der Waals surface area contributed by atoms with E-state index >= 15 is 0 Å². The van der Waals surface area contributed by atoms with Crippen molar-refractivity contribution in [3.05, 3.63) is 119 Å². The Morgan fingerprint density at radius 1 is 1.00 bits per heavy atom. The van der Waals surface area contributed by atoms with Crippen LogP contribution in [-0.2, 0) is 17.9 Å². The Labute approximate surface area is 218 Å². The monoisotopic (exact) mass is 516 g/mol. The number of hydrogen-bond donors (Lipinski definition) is 0. The van der Waals surface area contributed by atoms with Gasteiger partial charge in [-0.15, -0.1) is 10.2 Å². The lowest BCUT2D eigenvalue weighted by Gasteiger charge is -2.20. The third-order valence-corrected chi connectivity index (χ3v) is 6.27. The smallest absolute Gasteiger partial charge is 0.248 e. The van der Waals surface area contributed by atoms with E-state index in [0.29, 0.717) is 35.0 Å². The van der Waals surface area contributed by atoms with Crippen LogP contribution in [0.1, 0.15) is 22.8 Å². The molecule has 0 aliphatic carbocycles. The summed E-state index contributed by atoms with van der Waals surface area (Å²) in [7, 11) is 0. The first kappa shape index (κ1) is 24.0. The van der Waals surface area contributed by atoms with Crippen molar-refractivity contribution in [3.63, 3.8) is 0 Å². The van der Waals surface area contributed by atoms with Gasteiger partial charge in [0, 0.05) is 39.1 Å². The number of nitrogens with zero attached hydrogens (tertiary/aromatic N) is 4. The third kappa shape index (κ3) is 5.41. The van der Waals surface area contributed by atoms with E-state index < -0.39 is 0 Å². The number of hydrogen-bond acceptors (Lipinski definition) is 5. The predicted molar refractivity (Wildman–Crippen MR) is 141 cm³/mol. The van der Waals surface area contributed by atoms with Crippen LogP contribution in [0.3, 0.4) is 0 Å². The minimum Gasteiger partial charge on any atom is -0.416 e. The second-order valence-corrected chi connectivity index (χ2v) is 8.97. The minimum absolute atomic E-state index is 0.320. The van der Waals surface area contributed by atoms with E-state index in [1.807, 2.05) is 71.4 Å². The number of ether oxygens (including phenoxy) is 1. The summed E-state index contributed by atoms with van der Waals surface area (Å²) in [6, 6.07) is 21.0. The highest BCUT2D eigenvalue weighted by molar-refractivity contribution is 6.35. The van der Waals surface area contributed by atoms with Crippen molar-refractivity contribution in [2.24, 2.45) is 0 Å². The van der Waals surface area contributed by atoms with Gasteiger partial charge in [-0.1, -0.05) is 72.3 Å². The van der Waals surface area contributed by atoms with Gasteiger partial charge in [0.1, 0.15) is 6.10 Å². The number of halogens is 2. The molecule has 0 fully saturated rings. The Balaban J connectivity index is 1.41. The number of rotatable bonds is 9. The first-order valence-electron chi connectivity index (χ1n) is 11.3. The SMILES string of the molecule is C=Cc1ccc(COC(Cn2ccnc2)c2ccc(Cl)cc2Cl)cc1-c1nnc(-c2ccccc2)o1. The van der Waals surface area contributed by atoms with E-state index in [4.69, 9.17) is 32.4 Å². The second kappa shape index (κ2) is 10.9. The zero-order chi connectivity index (χ0) is 24.9. The lowest BCUT2D eigenvalue weighted by molar-refractivity contribution is 0.0280. The summed E-state index contributed by atoms with van der Waals surface area (Å²) in [5, 5.41) is 9.63. The van der Waals surface area contributed by atoms with Gasteiger partial charge in [0.15, 0.2) is 0 Å². The number of imidazole rings is 1. The van der Waals surface area contributed by atoms with Crippen LogP contribution in [0.25, 0.3) is 29.0 Å². The summed E-state index contributed by atoms with van der Waals surface area (Å²) in [6.45, 7) is 4.81. The van der Waals surface area contributed by atoms with Crippen molar-refractivity contribution in [1.82, 2.24) is 19.7 Å². The molecule has 0 N–H and O–H groups in total. The van der Waals surface area contributed by atoms with Gasteiger partial charge in [0.2, 0.25) is 11.8 Å². The molecule has 8 heteroatoms. The molecule has 5 aromatic rings. The Kier molecular flexibility index (Phi) is 7.28. The van der Waals surface area contributed by atoms with Crippen molar-refractivity contribution in [2.45, 2.75) is 19.3 Å². The molecule has 0 radical (unpaired) electrons. The van der Waals surface area contributed by atoms with Gasteiger partial charge in [-0.05, 0) is 41.5 Å². The van der Waals surface area contributed by atoms with E-state index in [1.54, 1.807) is 24.7 Å². The zero-order valence-electron chi connectivity index (χ0n) is 19.2. The molecule has 180 valence electrons. The van der Waals surface area contributed by atoms with Crippen LogP contribution in [0, 0.1) is 0 Å². The summed E-state index contributed by atoms with van der Waals surface area (Å²) >= 11 is 12.6. The van der Waals surface area contributed by atoms with Crippen molar-refractivity contribution < 1.29 is 9.15 Å². The molecular formula is C28H22Cl2N4O2. The summed E-state index contributed by atoms with van der Waals surface area (Å²) in [5.41, 5.74) is 4.32. The Hall–Kier alpha value is -3.71. The standard InChI is InChI=1S/C28H22Cl2N4O2/c1-2-20-9-8-19(14-24(20)28-33-32-27(36-28)21-6-4-3-5-7-21)17-35-26(16-34-13-12-31-18-34)23-11-10-22(29)15-25(23)30/h2-15,18,26H,1,16-17H2. The molecule has 0 saturated carbocycles. The summed E-state index contributed by atoms with van der Waals surface area (Å²) < 4.78 is 14.3. The van der Waals surface area contributed by atoms with E-state index in [-0.39, 0.29) is 6.10 Å². The first-order chi connectivity index (χ1) is 17.6. The van der Waals surface area contributed by atoms with Gasteiger partial charge in [-0.25, -0.2) is 4.98 Å². The van der Waals surface area contributed by atoms with Gasteiger partial charge >= 0.3 is 0 Å². The van der Waals surface area contributed by atoms with Gasteiger partial charge < -0.3 is 13.7 Å². The molecule has 0 spiro atoms. The molecular weight excluding hydrogens is 495 g/mol. The maximum absolute atomic E-state index is 6.52. The molecule has 0 aliphatic heterocycles. The molecule has 36 heavy (non-hydrogen) atoms. The maximum Gasteiger partial charge on any atom is 0.248 e. The Morgan fingerprint density at radius 3 is 2.58 bits per heavy atom. The quantitative estimate of drug-likeness (QED) is 0.203. The lowest BCUT2D eigenvalue weighted by Crippen LogP contribution is -2.12. The molecule has 6 nitrogen and oxygen atoms in total. The van der Waals surface area contributed by atoms with Crippen molar-refractivity contribution >= 4 is 29.3 Å². The normalized spacial score (nSPS) is 11.9. The molecule has 2 heterocycles. The molecule has 0 bridgehead atoms. The van der Waals surface area contributed by atoms with Gasteiger partial charge in [-0.2, -0.15) is 0 Å². The van der Waals surface area contributed by atoms with Gasteiger partial charge in [0.25, 0.3) is 0 Å². The molecule has 5 rings (SSSR count). The van der Waals surface area contributed by atoms with Crippen LogP contribution < -0.4 is 0 Å². The predicted octanol–water partition coefficient (Wildman–Crippen LogP) is 7.51. The largest absolute Gasteiger partial charge is 0.416 e. The van der Waals surface area contributed by atoms with Crippen molar-refractivity contribution in [3.8, 4) is 22.9 Å². The average molecular weight is 517 g/mol. The highest BCUT2D eigenvalue weighted by Gasteiger charge is 2.18. The highest BCUT2D eigenvalue weighted by atomic mass is 35.5. The van der Waals surface area contributed by atoms with E-state index in [2.05, 4.69) is 21.8 Å². The number of benzene rings is 3. The fraction of sp³-hybridized carbons (Fsp3) is 0.107. The van der Waals surface area contributed by atoms with Crippen molar-refractivity contribution in [1.29, 1.82) is 0 Å². The molecule has 1 atom stereocenters. The minimum atomic E-state index is -0.320. The summed E-state index contributed by atoms with van der Waals surface area (Å²) in [6.07, 6.45) is 6.81. The highest BCUT2D eigenvalue weighted by Crippen LogP contribution is 2.32. The topological polar surface area (TPSA) is 66.0 Å². The Bertz CT molecular complexity index is 1470. The fourth-order valence-corrected chi connectivity index (χ4v) is 4.40. The van der Waals surface area contributed by atoms with Crippen LogP contribution in [0.5, 0.6) is 0 Å². The first-order valence-corrected chi connectivity index (χ1v) is 12.0. The number of aromatic nitrogens is 4. The van der Waals surface area contributed by atoms with Crippen LogP contribution in [0.4, 0.5) is 0 Å². The van der Waals surface area contributed by atoms with Crippen LogP contribution in [0.15, 0.2) is 96.4 Å². The van der Waals surface area contributed by atoms with E-state index in [9.17, 15) is 0 Å². The molecule has 0 aliphatic rings. The van der Waals surface area contributed by atoms with E-state index in [1.165, 1.54) is 0 Å². The zero-order valence-corrected chi connectivity index (χ0v) is 20.7. The molecule has 2 aromatic heterocycles. The fourth-order valence-electron chi connectivity index (χ4n) is 3.87. The van der Waals surface area contributed by atoms with Gasteiger partial charge in [0.05, 0.1) is 19.5 Å². The second-order valence-electron chi connectivity index (χ2n) is 8.13. The third-order valence-electron chi connectivity index (χ3n) is 5.71. The van der Waals surface area contributed by atoms with Crippen LogP contribution in [0.2, 0.25) is 10.0 Å². The maximum atomic E-state index is 6.52. The molecule has 3 aromatic carbocycles. The molecule has 0 amide bonds. The van der Waals surface area contributed by atoms with Gasteiger partial charge in [-0.3, -0.25) is 0 Å². The molecule has 0 saturated heterocycles. The van der Waals surface area contributed by atoms with Crippen molar-refractivity contribution in [2.75, 3.05) is 0 Å². The molecule has 1 unspecified atom stereocenters. The van der Waals surface area contributed by atoms with E-state index in [0.717, 1.165) is 27.8 Å². The Morgan fingerprint density at radius 2 is 1.83 bits per heavy atom. The summed E-state index contributed by atoms with van der Waals surface area (Å²) in [5.74, 6) is 0.876. The lowest BCUT2D eigenvalue weighted by atomic mass is 10.0. The average Bonchev–Trinajstić information content (AvgIpc) is 3.60. The summed E-state index contributed by atoms with van der Waals surface area (Å²) in [4.78, 5) is 4.13.